The molecule has 9 aromatic carbocycles. The highest BCUT2D eigenvalue weighted by atomic mass is 16.3. The van der Waals surface area contributed by atoms with E-state index in [9.17, 15) is 0 Å². The summed E-state index contributed by atoms with van der Waals surface area (Å²) in [5.41, 5.74) is 14.4. The Morgan fingerprint density at radius 2 is 0.889 bits per heavy atom. The third-order valence-corrected chi connectivity index (χ3v) is 10.4. The van der Waals surface area contributed by atoms with Crippen LogP contribution < -0.4 is 4.90 Å². The lowest BCUT2D eigenvalue weighted by molar-refractivity contribution is 0.669. The smallest absolute Gasteiger partial charge is 0.136 e. The van der Waals surface area contributed by atoms with Gasteiger partial charge in [0.25, 0.3) is 0 Å². The molecule has 0 spiro atoms. The predicted molar refractivity (Wildman–Crippen MR) is 228 cm³/mol. The van der Waals surface area contributed by atoms with E-state index in [1.807, 2.05) is 6.07 Å². The number of benzene rings is 9. The molecule has 0 saturated carbocycles. The van der Waals surface area contributed by atoms with E-state index in [2.05, 4.69) is 211 Å². The third kappa shape index (κ3) is 5.62. The highest BCUT2D eigenvalue weighted by Gasteiger charge is 2.21. The van der Waals surface area contributed by atoms with E-state index < -0.39 is 0 Å². The molecule has 54 heavy (non-hydrogen) atoms. The average molecular weight is 690 g/mol. The Kier molecular flexibility index (Phi) is 7.85. The fraction of sp³-hybridized carbons (Fsp3) is 0. The highest BCUT2D eigenvalue weighted by Crippen LogP contribution is 2.45. The van der Waals surface area contributed by atoms with Gasteiger partial charge in [0.1, 0.15) is 11.2 Å². The van der Waals surface area contributed by atoms with Crippen molar-refractivity contribution >= 4 is 49.8 Å². The molecule has 0 saturated heterocycles. The van der Waals surface area contributed by atoms with Gasteiger partial charge in [-0.1, -0.05) is 164 Å². The molecule has 2 heteroatoms. The number of fused-ring (bicyclic) bond motifs is 5. The van der Waals surface area contributed by atoms with Gasteiger partial charge < -0.3 is 9.32 Å². The molecule has 0 fully saturated rings. The number of hydrogen-bond acceptors (Lipinski definition) is 2. The van der Waals surface area contributed by atoms with Gasteiger partial charge in [-0.3, -0.25) is 0 Å². The molecule has 0 unspecified atom stereocenters. The number of para-hydroxylation sites is 1. The molecule has 0 atom stereocenters. The van der Waals surface area contributed by atoms with Gasteiger partial charge in [-0.25, -0.2) is 0 Å². The van der Waals surface area contributed by atoms with Gasteiger partial charge in [0.2, 0.25) is 0 Å². The van der Waals surface area contributed by atoms with Crippen LogP contribution in [0.5, 0.6) is 0 Å². The molecule has 1 aromatic heterocycles. The maximum absolute atomic E-state index is 6.37. The van der Waals surface area contributed by atoms with Crippen molar-refractivity contribution in [2.24, 2.45) is 0 Å². The molecule has 0 radical (unpaired) electrons. The summed E-state index contributed by atoms with van der Waals surface area (Å²) in [6, 6.07) is 76.0. The summed E-state index contributed by atoms with van der Waals surface area (Å²) in [5.74, 6) is 0. The largest absolute Gasteiger partial charge is 0.456 e. The van der Waals surface area contributed by atoms with Crippen molar-refractivity contribution < 1.29 is 4.42 Å². The van der Waals surface area contributed by atoms with Crippen LogP contribution in [0, 0.1) is 0 Å². The van der Waals surface area contributed by atoms with E-state index >= 15 is 0 Å². The number of furan rings is 1. The average Bonchev–Trinajstić information content (AvgIpc) is 3.64. The van der Waals surface area contributed by atoms with Crippen molar-refractivity contribution in [2.45, 2.75) is 0 Å². The van der Waals surface area contributed by atoms with E-state index in [1.54, 1.807) is 0 Å². The van der Waals surface area contributed by atoms with E-state index in [4.69, 9.17) is 4.42 Å². The fourth-order valence-corrected chi connectivity index (χ4v) is 7.92. The van der Waals surface area contributed by atoms with E-state index in [0.717, 1.165) is 55.7 Å². The summed E-state index contributed by atoms with van der Waals surface area (Å²) in [4.78, 5) is 2.42. The normalized spacial score (nSPS) is 11.3. The van der Waals surface area contributed by atoms with Gasteiger partial charge in [-0.2, -0.15) is 0 Å². The van der Waals surface area contributed by atoms with Gasteiger partial charge in [-0.15, -0.1) is 0 Å². The molecule has 10 aromatic rings. The number of hydrogen-bond donors (Lipinski definition) is 0. The molecular weight excluding hydrogens is 655 g/mol. The first-order valence-electron chi connectivity index (χ1n) is 18.4. The number of nitrogens with zero attached hydrogens (tertiary/aromatic N) is 1. The molecule has 2 nitrogen and oxygen atoms in total. The molecule has 0 N–H and O–H groups in total. The zero-order valence-corrected chi connectivity index (χ0v) is 29.6. The maximum Gasteiger partial charge on any atom is 0.136 e. The molecule has 0 amide bonds. The summed E-state index contributed by atoms with van der Waals surface area (Å²) >= 11 is 0. The van der Waals surface area contributed by atoms with E-state index in [-0.39, 0.29) is 0 Å². The SMILES string of the molecule is c1ccc(-c2cccc(N(c3cccc(-c4cccc5ccc6oc7ccccc7c6c45)c3)c3ccc(-c4ccccc4)cc3-c3ccccc3)c2)cc1. The van der Waals surface area contributed by atoms with Crippen molar-refractivity contribution in [3.63, 3.8) is 0 Å². The van der Waals surface area contributed by atoms with Crippen LogP contribution in [-0.4, -0.2) is 0 Å². The first-order chi connectivity index (χ1) is 26.8. The molecule has 0 aliphatic rings. The molecule has 10 rings (SSSR count). The minimum Gasteiger partial charge on any atom is -0.456 e. The Morgan fingerprint density at radius 3 is 1.61 bits per heavy atom. The van der Waals surface area contributed by atoms with Gasteiger partial charge in [0.15, 0.2) is 0 Å². The standard InChI is InChI=1S/C52H35NO/c1-4-15-36(16-5-1)40-22-12-24-43(33-40)53(48-31-29-41(37-17-6-2-7-18-37)35-47(48)38-19-8-3-9-20-38)44-25-13-23-42(34-44)45-27-14-21-39-30-32-50-52(51(39)45)46-26-10-11-28-49(46)54-50/h1-35H. The summed E-state index contributed by atoms with van der Waals surface area (Å²) < 4.78 is 6.37. The van der Waals surface area contributed by atoms with Crippen LogP contribution in [0.15, 0.2) is 217 Å². The Balaban J connectivity index is 1.22. The second-order valence-electron chi connectivity index (χ2n) is 13.7. The molecule has 254 valence electrons. The van der Waals surface area contributed by atoms with Crippen LogP contribution >= 0.6 is 0 Å². The van der Waals surface area contributed by atoms with Crippen molar-refractivity contribution in [3.05, 3.63) is 212 Å². The summed E-state index contributed by atoms with van der Waals surface area (Å²) in [6.07, 6.45) is 0. The van der Waals surface area contributed by atoms with Crippen molar-refractivity contribution in [1.29, 1.82) is 0 Å². The maximum atomic E-state index is 6.37. The predicted octanol–water partition coefficient (Wildman–Crippen LogP) is 14.9. The number of anilines is 3. The fourth-order valence-electron chi connectivity index (χ4n) is 7.92. The van der Waals surface area contributed by atoms with Crippen molar-refractivity contribution in [1.82, 2.24) is 0 Å². The number of rotatable bonds is 7. The Hall–Kier alpha value is -7.16. The summed E-state index contributed by atoms with van der Waals surface area (Å²) in [5, 5.41) is 4.67. The lowest BCUT2D eigenvalue weighted by atomic mass is 9.93. The van der Waals surface area contributed by atoms with Crippen LogP contribution in [-0.2, 0) is 0 Å². The second kappa shape index (κ2) is 13.4. The van der Waals surface area contributed by atoms with Crippen molar-refractivity contribution in [2.75, 3.05) is 4.90 Å². The Morgan fingerprint density at radius 1 is 0.315 bits per heavy atom. The monoisotopic (exact) mass is 689 g/mol. The van der Waals surface area contributed by atoms with Crippen molar-refractivity contribution in [3.8, 4) is 44.5 Å². The highest BCUT2D eigenvalue weighted by molar-refractivity contribution is 6.22. The summed E-state index contributed by atoms with van der Waals surface area (Å²) in [6.45, 7) is 0. The third-order valence-electron chi connectivity index (χ3n) is 10.4. The lowest BCUT2D eigenvalue weighted by Gasteiger charge is -2.29. The molecule has 0 aliphatic carbocycles. The van der Waals surface area contributed by atoms with E-state index in [1.165, 1.54) is 38.6 Å². The zero-order chi connectivity index (χ0) is 35.8. The van der Waals surface area contributed by atoms with Crippen LogP contribution in [0.2, 0.25) is 0 Å². The molecular formula is C52H35NO. The van der Waals surface area contributed by atoms with Crippen LogP contribution in [0.4, 0.5) is 17.1 Å². The van der Waals surface area contributed by atoms with Gasteiger partial charge in [0, 0.05) is 33.1 Å². The molecule has 1 heterocycles. The van der Waals surface area contributed by atoms with Crippen LogP contribution in [0.1, 0.15) is 0 Å². The van der Waals surface area contributed by atoms with E-state index in [0.29, 0.717) is 0 Å². The van der Waals surface area contributed by atoms with Gasteiger partial charge >= 0.3 is 0 Å². The summed E-state index contributed by atoms with van der Waals surface area (Å²) in [7, 11) is 0. The van der Waals surface area contributed by atoms with Gasteiger partial charge in [0.05, 0.1) is 5.69 Å². The topological polar surface area (TPSA) is 16.4 Å². The van der Waals surface area contributed by atoms with Crippen LogP contribution in [0.3, 0.4) is 0 Å². The lowest BCUT2D eigenvalue weighted by Crippen LogP contribution is -2.11. The quantitative estimate of drug-likeness (QED) is 0.166. The minimum absolute atomic E-state index is 0.901. The first-order valence-corrected chi connectivity index (χ1v) is 18.4. The second-order valence-corrected chi connectivity index (χ2v) is 13.7. The molecule has 0 bridgehead atoms. The Bertz CT molecular complexity index is 2930. The van der Waals surface area contributed by atoms with Crippen LogP contribution in [0.25, 0.3) is 77.2 Å². The minimum atomic E-state index is 0.901. The zero-order valence-electron chi connectivity index (χ0n) is 29.6. The molecule has 0 aliphatic heterocycles. The first kappa shape index (κ1) is 31.6. The Labute approximate surface area is 314 Å². The van der Waals surface area contributed by atoms with Gasteiger partial charge in [-0.05, 0) is 92.9 Å².